The highest BCUT2D eigenvalue weighted by molar-refractivity contribution is 5.15. The number of hydrogen-bond acceptors (Lipinski definition) is 4. The van der Waals surface area contributed by atoms with Crippen LogP contribution in [0.5, 0.6) is 0 Å². The van der Waals surface area contributed by atoms with Gasteiger partial charge in [0.1, 0.15) is 17.6 Å². The van der Waals surface area contributed by atoms with E-state index in [-0.39, 0.29) is 6.10 Å². The molecule has 1 saturated heterocycles. The van der Waals surface area contributed by atoms with Crippen molar-refractivity contribution in [2.45, 2.75) is 44.9 Å². The van der Waals surface area contributed by atoms with Crippen LogP contribution in [0.1, 0.15) is 48.3 Å². The number of fused-ring (bicyclic) bond motifs is 1. The third-order valence-corrected chi connectivity index (χ3v) is 4.41. The van der Waals surface area contributed by atoms with Crippen LogP contribution in [0.2, 0.25) is 0 Å². The third-order valence-electron chi connectivity index (χ3n) is 4.41. The van der Waals surface area contributed by atoms with Gasteiger partial charge in [-0.1, -0.05) is 0 Å². The average molecular weight is 287 g/mol. The van der Waals surface area contributed by atoms with Crippen LogP contribution in [0.4, 0.5) is 0 Å². The fourth-order valence-corrected chi connectivity index (χ4v) is 3.24. The van der Waals surface area contributed by atoms with Gasteiger partial charge in [0.05, 0.1) is 24.3 Å². The molecule has 0 amide bonds. The Morgan fingerprint density at radius 3 is 3.24 bits per heavy atom. The van der Waals surface area contributed by atoms with E-state index in [1.807, 2.05) is 0 Å². The van der Waals surface area contributed by atoms with Crippen molar-refractivity contribution in [3.05, 3.63) is 41.4 Å². The van der Waals surface area contributed by atoms with Gasteiger partial charge >= 0.3 is 0 Å². The van der Waals surface area contributed by atoms with Gasteiger partial charge in [0.15, 0.2) is 0 Å². The summed E-state index contributed by atoms with van der Waals surface area (Å²) in [5.41, 5.74) is 2.45. The molecular weight excluding hydrogens is 266 g/mol. The Morgan fingerprint density at radius 1 is 1.33 bits per heavy atom. The number of furan rings is 1. The van der Waals surface area contributed by atoms with Crippen molar-refractivity contribution in [1.29, 1.82) is 0 Å². The van der Waals surface area contributed by atoms with E-state index in [2.05, 4.69) is 27.0 Å². The molecular formula is C16H21N3O2. The molecule has 5 heteroatoms. The van der Waals surface area contributed by atoms with Gasteiger partial charge in [-0.05, 0) is 31.4 Å². The van der Waals surface area contributed by atoms with E-state index in [0.717, 1.165) is 50.6 Å². The lowest BCUT2D eigenvalue weighted by Crippen LogP contribution is -2.29. The van der Waals surface area contributed by atoms with E-state index in [9.17, 15) is 0 Å². The maximum Gasteiger partial charge on any atom is 0.133 e. The molecule has 0 aromatic carbocycles. The summed E-state index contributed by atoms with van der Waals surface area (Å²) in [6, 6.07) is 4.17. The predicted octanol–water partition coefficient (Wildman–Crippen LogP) is 2.80. The van der Waals surface area contributed by atoms with Crippen LogP contribution in [-0.2, 0) is 24.2 Å². The molecule has 4 rings (SSSR count). The van der Waals surface area contributed by atoms with Crippen molar-refractivity contribution >= 4 is 0 Å². The van der Waals surface area contributed by atoms with E-state index >= 15 is 0 Å². The Hall–Kier alpha value is -1.59. The minimum Gasteiger partial charge on any atom is -0.462 e. The highest BCUT2D eigenvalue weighted by Crippen LogP contribution is 2.29. The molecule has 0 bridgehead atoms. The van der Waals surface area contributed by atoms with Gasteiger partial charge in [0.2, 0.25) is 0 Å². The average Bonchev–Trinajstić information content (AvgIpc) is 3.17. The zero-order valence-electron chi connectivity index (χ0n) is 12.2. The van der Waals surface area contributed by atoms with Gasteiger partial charge in [-0.3, -0.25) is 4.90 Å². The summed E-state index contributed by atoms with van der Waals surface area (Å²) in [7, 11) is 0. The number of rotatable bonds is 3. The molecule has 2 aromatic heterocycles. The molecule has 2 aliphatic heterocycles. The van der Waals surface area contributed by atoms with E-state index in [1.165, 1.54) is 24.2 Å². The van der Waals surface area contributed by atoms with Crippen molar-refractivity contribution in [2.24, 2.45) is 0 Å². The summed E-state index contributed by atoms with van der Waals surface area (Å²) < 4.78 is 11.8. The number of H-pyrrole nitrogens is 1. The SMILES string of the molecule is c1nc2c([nH]1)CN(Cc1ccc([C@@H]3CCCCO3)o1)CC2. The summed E-state index contributed by atoms with van der Waals surface area (Å²) in [6.07, 6.45) is 6.44. The van der Waals surface area contributed by atoms with Gasteiger partial charge in [0.25, 0.3) is 0 Å². The highest BCUT2D eigenvalue weighted by Gasteiger charge is 2.22. The Labute approximate surface area is 124 Å². The monoisotopic (exact) mass is 287 g/mol. The van der Waals surface area contributed by atoms with Gasteiger partial charge in [-0.15, -0.1) is 0 Å². The molecule has 0 saturated carbocycles. The van der Waals surface area contributed by atoms with Gasteiger partial charge < -0.3 is 14.1 Å². The fourth-order valence-electron chi connectivity index (χ4n) is 3.24. The highest BCUT2D eigenvalue weighted by atomic mass is 16.5. The zero-order valence-corrected chi connectivity index (χ0v) is 12.2. The Bertz CT molecular complexity index is 598. The van der Waals surface area contributed by atoms with Crippen LogP contribution in [-0.4, -0.2) is 28.0 Å². The molecule has 1 N–H and O–H groups in total. The van der Waals surface area contributed by atoms with Gasteiger partial charge in [-0.25, -0.2) is 4.98 Å². The number of imidazole rings is 1. The normalized spacial score (nSPS) is 23.1. The first-order chi connectivity index (χ1) is 10.4. The standard InChI is InChI=1S/C16H21N3O2/c1-2-8-20-15(3-1)16-5-4-12(21-16)9-19-7-6-13-14(10-19)18-11-17-13/h4-5,11,15H,1-3,6-10H2,(H,17,18)/t15-/m0/s1. The van der Waals surface area contributed by atoms with E-state index in [0.29, 0.717) is 0 Å². The second kappa shape index (κ2) is 5.66. The van der Waals surface area contributed by atoms with E-state index in [4.69, 9.17) is 9.15 Å². The van der Waals surface area contributed by atoms with Crippen LogP contribution in [0.15, 0.2) is 22.9 Å². The topological polar surface area (TPSA) is 54.3 Å². The first-order valence-corrected chi connectivity index (χ1v) is 7.82. The minimum atomic E-state index is 0.160. The molecule has 112 valence electrons. The van der Waals surface area contributed by atoms with Crippen molar-refractivity contribution in [3.63, 3.8) is 0 Å². The molecule has 5 nitrogen and oxygen atoms in total. The lowest BCUT2D eigenvalue weighted by Gasteiger charge is -2.25. The molecule has 0 radical (unpaired) electrons. The van der Waals surface area contributed by atoms with Crippen LogP contribution >= 0.6 is 0 Å². The summed E-state index contributed by atoms with van der Waals surface area (Å²) in [5, 5.41) is 0. The van der Waals surface area contributed by atoms with E-state index in [1.54, 1.807) is 6.33 Å². The first-order valence-electron chi connectivity index (χ1n) is 7.82. The van der Waals surface area contributed by atoms with Crippen LogP contribution in [0.25, 0.3) is 0 Å². The zero-order chi connectivity index (χ0) is 14.1. The largest absolute Gasteiger partial charge is 0.462 e. The fraction of sp³-hybridized carbons (Fsp3) is 0.562. The Morgan fingerprint density at radius 2 is 2.33 bits per heavy atom. The second-order valence-corrected chi connectivity index (χ2v) is 5.95. The summed E-state index contributed by atoms with van der Waals surface area (Å²) in [4.78, 5) is 9.96. The molecule has 0 aliphatic carbocycles. The number of aromatic nitrogens is 2. The molecule has 21 heavy (non-hydrogen) atoms. The number of hydrogen-bond donors (Lipinski definition) is 1. The summed E-state index contributed by atoms with van der Waals surface area (Å²) >= 11 is 0. The first kappa shape index (κ1) is 13.1. The quantitative estimate of drug-likeness (QED) is 0.943. The Balaban J connectivity index is 1.40. The summed E-state index contributed by atoms with van der Waals surface area (Å²) in [5.74, 6) is 2.02. The van der Waals surface area contributed by atoms with Gasteiger partial charge in [-0.2, -0.15) is 0 Å². The Kier molecular flexibility index (Phi) is 3.53. The minimum absolute atomic E-state index is 0.160. The van der Waals surface area contributed by atoms with Crippen molar-refractivity contribution in [1.82, 2.24) is 14.9 Å². The number of nitrogens with one attached hydrogen (secondary N) is 1. The molecule has 0 unspecified atom stereocenters. The smallest absolute Gasteiger partial charge is 0.133 e. The second-order valence-electron chi connectivity index (χ2n) is 5.95. The molecule has 0 spiro atoms. The number of nitrogens with zero attached hydrogens (tertiary/aromatic N) is 2. The van der Waals surface area contributed by atoms with Crippen LogP contribution in [0, 0.1) is 0 Å². The number of ether oxygens (including phenoxy) is 1. The lowest BCUT2D eigenvalue weighted by atomic mass is 10.1. The molecule has 1 atom stereocenters. The molecule has 2 aromatic rings. The van der Waals surface area contributed by atoms with Crippen LogP contribution < -0.4 is 0 Å². The maximum absolute atomic E-state index is 6.00. The van der Waals surface area contributed by atoms with Crippen molar-refractivity contribution in [3.8, 4) is 0 Å². The van der Waals surface area contributed by atoms with Crippen molar-refractivity contribution < 1.29 is 9.15 Å². The molecule has 4 heterocycles. The maximum atomic E-state index is 6.00. The summed E-state index contributed by atoms with van der Waals surface area (Å²) in [6.45, 7) is 3.67. The third kappa shape index (κ3) is 2.76. The van der Waals surface area contributed by atoms with Crippen LogP contribution in [0.3, 0.4) is 0 Å². The van der Waals surface area contributed by atoms with Gasteiger partial charge in [0, 0.05) is 26.1 Å². The molecule has 2 aliphatic rings. The lowest BCUT2D eigenvalue weighted by molar-refractivity contribution is 0.000794. The number of aromatic amines is 1. The van der Waals surface area contributed by atoms with Crippen molar-refractivity contribution in [2.75, 3.05) is 13.2 Å². The molecule has 1 fully saturated rings. The van der Waals surface area contributed by atoms with E-state index < -0.39 is 0 Å². The predicted molar refractivity (Wildman–Crippen MR) is 77.7 cm³/mol.